The van der Waals surface area contributed by atoms with E-state index in [0.29, 0.717) is 17.6 Å². The van der Waals surface area contributed by atoms with Gasteiger partial charge in [-0.25, -0.2) is 0 Å². The van der Waals surface area contributed by atoms with Gasteiger partial charge in [-0.15, -0.1) is 0 Å². The number of nitrogens with one attached hydrogen (secondary N) is 1. The molecule has 1 atom stereocenters. The third-order valence-corrected chi connectivity index (χ3v) is 4.21. The van der Waals surface area contributed by atoms with Crippen LogP contribution in [0.25, 0.3) is 0 Å². The molecule has 0 radical (unpaired) electrons. The molecule has 2 bridgehead atoms. The topological polar surface area (TPSA) is 21.5 Å². The highest BCUT2D eigenvalue weighted by molar-refractivity contribution is 5.98. The van der Waals surface area contributed by atoms with Crippen LogP contribution in [0.1, 0.15) is 23.2 Å². The molecule has 3 fully saturated rings. The van der Waals surface area contributed by atoms with Crippen LogP contribution in [0.15, 0.2) is 30.3 Å². The van der Waals surface area contributed by atoms with Crippen LogP contribution in [0.4, 0.5) is 0 Å². The lowest BCUT2D eigenvalue weighted by Gasteiger charge is -2.41. The average Bonchev–Trinajstić information content (AvgIpc) is 2.40. The van der Waals surface area contributed by atoms with E-state index in [9.17, 15) is 4.79 Å². The van der Waals surface area contributed by atoms with Crippen molar-refractivity contribution in [3.05, 3.63) is 35.9 Å². The van der Waals surface area contributed by atoms with Gasteiger partial charge in [0.1, 0.15) is 0 Å². The van der Waals surface area contributed by atoms with Crippen molar-refractivity contribution in [2.75, 3.05) is 19.6 Å². The summed E-state index contributed by atoms with van der Waals surface area (Å²) in [5, 5.41) is 0. The smallest absolute Gasteiger partial charge is 0.171 e. The fourth-order valence-corrected chi connectivity index (χ4v) is 3.26. The first-order valence-electron chi connectivity index (χ1n) is 6.27. The van der Waals surface area contributed by atoms with E-state index in [1.807, 2.05) is 30.3 Å². The number of rotatable bonds is 2. The number of carbonyl (C=O) groups excluding carboxylic acids is 1. The van der Waals surface area contributed by atoms with Crippen LogP contribution >= 0.6 is 0 Å². The second-order valence-corrected chi connectivity index (χ2v) is 5.13. The van der Waals surface area contributed by atoms with E-state index in [-0.39, 0.29) is 0 Å². The summed E-state index contributed by atoms with van der Waals surface area (Å²) in [6.07, 6.45) is 2.50. The molecule has 1 N–H and O–H groups in total. The van der Waals surface area contributed by atoms with Gasteiger partial charge in [0.25, 0.3) is 0 Å². The molecule has 0 aliphatic carbocycles. The van der Waals surface area contributed by atoms with Crippen molar-refractivity contribution in [3.63, 3.8) is 0 Å². The number of ketones is 1. The van der Waals surface area contributed by atoms with Gasteiger partial charge in [-0.05, 0) is 5.92 Å². The van der Waals surface area contributed by atoms with Crippen LogP contribution in [-0.2, 0) is 0 Å². The Labute approximate surface area is 96.3 Å². The molecule has 2 heteroatoms. The molecule has 16 heavy (non-hydrogen) atoms. The molecule has 3 aliphatic rings. The van der Waals surface area contributed by atoms with E-state index in [1.54, 1.807) is 4.90 Å². The standard InChI is InChI=1S/C14H17NO/c16-14(12-4-2-1-3-5-12)13-10-15-8-6-11(13)7-9-15/h1-5,11,13H,6-10H2/p+1. The Morgan fingerprint density at radius 2 is 1.81 bits per heavy atom. The Morgan fingerprint density at radius 3 is 2.38 bits per heavy atom. The molecule has 3 aliphatic heterocycles. The number of piperidine rings is 3. The molecular weight excluding hydrogens is 198 g/mol. The van der Waals surface area contributed by atoms with Gasteiger partial charge in [-0.2, -0.15) is 0 Å². The summed E-state index contributed by atoms with van der Waals surface area (Å²) in [6, 6.07) is 9.80. The predicted molar refractivity (Wildman–Crippen MR) is 62.6 cm³/mol. The maximum Gasteiger partial charge on any atom is 0.171 e. The summed E-state index contributed by atoms with van der Waals surface area (Å²) in [6.45, 7) is 3.63. The summed E-state index contributed by atoms with van der Waals surface area (Å²) in [7, 11) is 0. The fourth-order valence-electron chi connectivity index (χ4n) is 3.26. The molecule has 1 aromatic carbocycles. The molecule has 1 unspecified atom stereocenters. The van der Waals surface area contributed by atoms with Crippen molar-refractivity contribution in [1.29, 1.82) is 0 Å². The van der Waals surface area contributed by atoms with Gasteiger partial charge in [-0.3, -0.25) is 4.79 Å². The first-order valence-corrected chi connectivity index (χ1v) is 6.27. The van der Waals surface area contributed by atoms with Gasteiger partial charge in [0.05, 0.1) is 25.6 Å². The van der Waals surface area contributed by atoms with Crippen molar-refractivity contribution in [3.8, 4) is 0 Å². The highest BCUT2D eigenvalue weighted by Crippen LogP contribution is 2.26. The van der Waals surface area contributed by atoms with E-state index < -0.39 is 0 Å². The second kappa shape index (κ2) is 4.02. The maximum absolute atomic E-state index is 12.4. The Hall–Kier alpha value is -1.15. The van der Waals surface area contributed by atoms with Gasteiger partial charge in [0, 0.05) is 18.4 Å². The van der Waals surface area contributed by atoms with Crippen LogP contribution in [0.2, 0.25) is 0 Å². The Morgan fingerprint density at radius 1 is 1.12 bits per heavy atom. The molecule has 0 saturated carbocycles. The zero-order chi connectivity index (χ0) is 11.0. The quantitative estimate of drug-likeness (QED) is 0.725. The van der Waals surface area contributed by atoms with Crippen LogP contribution in [0.3, 0.4) is 0 Å². The van der Waals surface area contributed by atoms with E-state index in [1.165, 1.54) is 25.9 Å². The van der Waals surface area contributed by atoms with Crippen molar-refractivity contribution in [2.24, 2.45) is 11.8 Å². The van der Waals surface area contributed by atoms with Gasteiger partial charge in [-0.1, -0.05) is 30.3 Å². The zero-order valence-electron chi connectivity index (χ0n) is 9.49. The molecule has 1 aromatic rings. The van der Waals surface area contributed by atoms with Crippen LogP contribution in [-0.4, -0.2) is 25.4 Å². The van der Waals surface area contributed by atoms with E-state index >= 15 is 0 Å². The van der Waals surface area contributed by atoms with E-state index in [4.69, 9.17) is 0 Å². The number of fused-ring (bicyclic) bond motifs is 3. The fraction of sp³-hybridized carbons (Fsp3) is 0.500. The van der Waals surface area contributed by atoms with E-state index in [0.717, 1.165) is 12.1 Å². The molecular formula is C14H18NO+. The molecule has 84 valence electrons. The van der Waals surface area contributed by atoms with Gasteiger partial charge < -0.3 is 4.90 Å². The normalized spacial score (nSPS) is 32.6. The zero-order valence-corrected chi connectivity index (χ0v) is 9.49. The van der Waals surface area contributed by atoms with Gasteiger partial charge in [0.2, 0.25) is 0 Å². The third kappa shape index (κ3) is 1.67. The average molecular weight is 216 g/mol. The number of benzene rings is 1. The largest absolute Gasteiger partial charge is 0.334 e. The Kier molecular flexibility index (Phi) is 2.52. The number of carbonyl (C=O) groups is 1. The van der Waals surface area contributed by atoms with Crippen molar-refractivity contribution in [1.82, 2.24) is 0 Å². The summed E-state index contributed by atoms with van der Waals surface area (Å²) < 4.78 is 0. The van der Waals surface area contributed by atoms with Gasteiger partial charge >= 0.3 is 0 Å². The molecule has 0 spiro atoms. The molecule has 0 amide bonds. The van der Waals surface area contributed by atoms with Gasteiger partial charge in [0.15, 0.2) is 5.78 Å². The summed E-state index contributed by atoms with van der Waals surface area (Å²) >= 11 is 0. The van der Waals surface area contributed by atoms with E-state index in [2.05, 4.69) is 0 Å². The Bertz CT molecular complexity index is 379. The molecule has 4 rings (SSSR count). The minimum absolute atomic E-state index is 0.292. The summed E-state index contributed by atoms with van der Waals surface area (Å²) in [5.41, 5.74) is 0.903. The monoisotopic (exact) mass is 216 g/mol. The van der Waals surface area contributed by atoms with Crippen molar-refractivity contribution < 1.29 is 9.69 Å². The first-order chi connectivity index (χ1) is 7.84. The second-order valence-electron chi connectivity index (χ2n) is 5.13. The first kappa shape index (κ1) is 10.0. The number of quaternary nitrogens is 1. The Balaban J connectivity index is 1.81. The minimum Gasteiger partial charge on any atom is -0.334 e. The highest BCUT2D eigenvalue weighted by atomic mass is 16.1. The number of Topliss-reactive ketones (excluding diaryl/α,β-unsaturated/α-hetero) is 1. The molecule has 3 heterocycles. The molecule has 3 saturated heterocycles. The lowest BCUT2D eigenvalue weighted by Crippen LogP contribution is -3.16. The van der Waals surface area contributed by atoms with Crippen LogP contribution < -0.4 is 4.90 Å². The SMILES string of the molecule is O=C(c1ccccc1)C1C[NH+]2CCC1CC2. The summed E-state index contributed by atoms with van der Waals surface area (Å²) in [5.74, 6) is 1.33. The lowest BCUT2D eigenvalue weighted by atomic mass is 9.75. The van der Waals surface area contributed by atoms with Crippen LogP contribution in [0, 0.1) is 11.8 Å². The molecule has 0 aromatic heterocycles. The lowest BCUT2D eigenvalue weighted by molar-refractivity contribution is -0.919. The predicted octanol–water partition coefficient (Wildman–Crippen LogP) is 0.794. The number of hydrogen-bond acceptors (Lipinski definition) is 1. The minimum atomic E-state index is 0.292. The number of hydrogen-bond donors (Lipinski definition) is 1. The van der Waals surface area contributed by atoms with Crippen molar-refractivity contribution in [2.45, 2.75) is 12.8 Å². The highest BCUT2D eigenvalue weighted by Gasteiger charge is 2.41. The van der Waals surface area contributed by atoms with Crippen LogP contribution in [0.5, 0.6) is 0 Å². The third-order valence-electron chi connectivity index (χ3n) is 4.21. The van der Waals surface area contributed by atoms with Crippen molar-refractivity contribution >= 4 is 5.78 Å². The maximum atomic E-state index is 12.4. The molecule has 2 nitrogen and oxygen atoms in total. The summed E-state index contributed by atoms with van der Waals surface area (Å²) in [4.78, 5) is 14.0.